The van der Waals surface area contributed by atoms with Crippen molar-refractivity contribution < 1.29 is 14.3 Å². The molecular formula is C21H23N5O3S. The Morgan fingerprint density at radius 3 is 2.47 bits per heavy atom. The number of aromatic nitrogens is 3. The van der Waals surface area contributed by atoms with E-state index in [1.807, 2.05) is 47.0 Å². The first-order valence-corrected chi connectivity index (χ1v) is 10.3. The Hall–Kier alpha value is -3.33. The monoisotopic (exact) mass is 425 g/mol. The highest BCUT2D eigenvalue weighted by molar-refractivity contribution is 7.99. The summed E-state index contributed by atoms with van der Waals surface area (Å²) in [5.41, 5.74) is 7.93. The average molecular weight is 426 g/mol. The van der Waals surface area contributed by atoms with Gasteiger partial charge in [-0.25, -0.2) is 4.79 Å². The number of methoxy groups -OCH3 is 1. The molecular weight excluding hydrogens is 402 g/mol. The zero-order valence-corrected chi connectivity index (χ0v) is 17.8. The van der Waals surface area contributed by atoms with Gasteiger partial charge in [-0.1, -0.05) is 43.8 Å². The standard InChI is InChI=1S/C21H23N5O3S/c1-13(2)16-6-4-5-7-17(16)26-19(14-8-10-15(29-3)11-9-14)24-25-21(26)30-12-18(27)23-20(22)28/h4-11,13H,12H2,1-3H3,(H3,22,23,27,28). The number of nitrogens with two attached hydrogens (primary N) is 1. The number of amides is 3. The molecule has 0 saturated heterocycles. The van der Waals surface area contributed by atoms with Crippen molar-refractivity contribution in [3.63, 3.8) is 0 Å². The molecule has 0 spiro atoms. The molecule has 0 fully saturated rings. The zero-order valence-electron chi connectivity index (χ0n) is 17.0. The largest absolute Gasteiger partial charge is 0.497 e. The van der Waals surface area contributed by atoms with Gasteiger partial charge in [-0.2, -0.15) is 0 Å². The smallest absolute Gasteiger partial charge is 0.318 e. The van der Waals surface area contributed by atoms with Crippen LogP contribution in [0.25, 0.3) is 17.1 Å². The van der Waals surface area contributed by atoms with Crippen molar-refractivity contribution in [3.05, 3.63) is 54.1 Å². The first-order chi connectivity index (χ1) is 14.4. The average Bonchev–Trinajstić information content (AvgIpc) is 3.15. The third-order valence-electron chi connectivity index (χ3n) is 4.38. The molecule has 0 atom stereocenters. The van der Waals surface area contributed by atoms with Crippen LogP contribution in [0.2, 0.25) is 0 Å². The van der Waals surface area contributed by atoms with Gasteiger partial charge >= 0.3 is 6.03 Å². The molecule has 2 aromatic carbocycles. The van der Waals surface area contributed by atoms with E-state index >= 15 is 0 Å². The van der Waals surface area contributed by atoms with Crippen LogP contribution in [-0.4, -0.2) is 39.6 Å². The first kappa shape index (κ1) is 21.4. The molecule has 1 aromatic heterocycles. The van der Waals surface area contributed by atoms with E-state index in [4.69, 9.17) is 10.5 Å². The fourth-order valence-corrected chi connectivity index (χ4v) is 3.74. The van der Waals surface area contributed by atoms with Crippen LogP contribution in [-0.2, 0) is 4.79 Å². The number of carbonyl (C=O) groups is 2. The molecule has 0 radical (unpaired) electrons. The second kappa shape index (κ2) is 9.45. The molecule has 9 heteroatoms. The number of rotatable bonds is 7. The van der Waals surface area contributed by atoms with Crippen LogP contribution in [0.15, 0.2) is 53.7 Å². The number of thioether (sulfide) groups is 1. The van der Waals surface area contributed by atoms with Gasteiger partial charge in [0.1, 0.15) is 5.75 Å². The first-order valence-electron chi connectivity index (χ1n) is 9.32. The SMILES string of the molecule is COc1ccc(-c2nnc(SCC(=O)NC(N)=O)n2-c2ccccc2C(C)C)cc1. The van der Waals surface area contributed by atoms with E-state index in [9.17, 15) is 9.59 Å². The van der Waals surface area contributed by atoms with E-state index in [-0.39, 0.29) is 11.7 Å². The summed E-state index contributed by atoms with van der Waals surface area (Å²) in [6, 6.07) is 14.6. The number of benzene rings is 2. The highest BCUT2D eigenvalue weighted by Gasteiger charge is 2.20. The molecule has 0 aliphatic carbocycles. The predicted octanol–water partition coefficient (Wildman–Crippen LogP) is 3.35. The van der Waals surface area contributed by atoms with Crippen LogP contribution in [0.1, 0.15) is 25.3 Å². The number of carbonyl (C=O) groups excluding carboxylic acids is 2. The Morgan fingerprint density at radius 2 is 1.83 bits per heavy atom. The van der Waals surface area contributed by atoms with Gasteiger partial charge in [0, 0.05) is 5.56 Å². The highest BCUT2D eigenvalue weighted by Crippen LogP contribution is 2.32. The molecule has 3 aromatic rings. The highest BCUT2D eigenvalue weighted by atomic mass is 32.2. The second-order valence-electron chi connectivity index (χ2n) is 6.78. The minimum absolute atomic E-state index is 0.0203. The van der Waals surface area contributed by atoms with Gasteiger partial charge < -0.3 is 10.5 Å². The summed E-state index contributed by atoms with van der Waals surface area (Å²) >= 11 is 1.18. The molecule has 0 unspecified atom stereocenters. The molecule has 3 amide bonds. The lowest BCUT2D eigenvalue weighted by Crippen LogP contribution is -2.36. The van der Waals surface area contributed by atoms with Gasteiger partial charge in [0.15, 0.2) is 11.0 Å². The number of ether oxygens (including phenoxy) is 1. The van der Waals surface area contributed by atoms with Crippen molar-refractivity contribution in [2.75, 3.05) is 12.9 Å². The predicted molar refractivity (Wildman–Crippen MR) is 116 cm³/mol. The summed E-state index contributed by atoms with van der Waals surface area (Å²) in [6.07, 6.45) is 0. The van der Waals surface area contributed by atoms with E-state index in [1.54, 1.807) is 7.11 Å². The fraction of sp³-hybridized carbons (Fsp3) is 0.238. The summed E-state index contributed by atoms with van der Waals surface area (Å²) in [6.45, 7) is 4.23. The maximum atomic E-state index is 11.9. The van der Waals surface area contributed by atoms with Gasteiger partial charge in [-0.3, -0.25) is 14.7 Å². The number of hydrogen-bond donors (Lipinski definition) is 2. The quantitative estimate of drug-likeness (QED) is 0.562. The summed E-state index contributed by atoms with van der Waals surface area (Å²) < 4.78 is 7.17. The minimum atomic E-state index is -0.883. The Kier molecular flexibility index (Phi) is 6.73. The van der Waals surface area contributed by atoms with E-state index in [0.29, 0.717) is 11.0 Å². The summed E-state index contributed by atoms with van der Waals surface area (Å²) in [5, 5.41) is 11.3. The van der Waals surface area contributed by atoms with Crippen LogP contribution in [0.5, 0.6) is 5.75 Å². The topological polar surface area (TPSA) is 112 Å². The van der Waals surface area contributed by atoms with E-state index in [2.05, 4.69) is 35.4 Å². The molecule has 8 nitrogen and oxygen atoms in total. The number of para-hydroxylation sites is 1. The minimum Gasteiger partial charge on any atom is -0.497 e. The molecule has 1 heterocycles. The molecule has 0 bridgehead atoms. The number of hydrogen-bond acceptors (Lipinski definition) is 6. The van der Waals surface area contributed by atoms with Gasteiger partial charge in [0.25, 0.3) is 0 Å². The van der Waals surface area contributed by atoms with Crippen LogP contribution in [0.3, 0.4) is 0 Å². The third kappa shape index (κ3) is 4.80. The van der Waals surface area contributed by atoms with Crippen molar-refractivity contribution in [2.24, 2.45) is 5.73 Å². The summed E-state index contributed by atoms with van der Waals surface area (Å²) in [5.74, 6) is 1.13. The lowest BCUT2D eigenvalue weighted by molar-refractivity contribution is -0.117. The fourth-order valence-electron chi connectivity index (χ4n) is 2.99. The van der Waals surface area contributed by atoms with Gasteiger partial charge in [-0.15, -0.1) is 10.2 Å². The van der Waals surface area contributed by atoms with Crippen LogP contribution in [0.4, 0.5) is 4.79 Å². The van der Waals surface area contributed by atoms with E-state index in [1.165, 1.54) is 11.8 Å². The number of imide groups is 1. The number of nitrogens with zero attached hydrogens (tertiary/aromatic N) is 3. The van der Waals surface area contributed by atoms with Gasteiger partial charge in [0.05, 0.1) is 18.6 Å². The Bertz CT molecular complexity index is 1050. The number of primary amides is 1. The third-order valence-corrected chi connectivity index (χ3v) is 5.31. The maximum Gasteiger partial charge on any atom is 0.318 e. The van der Waals surface area contributed by atoms with Gasteiger partial charge in [0.2, 0.25) is 5.91 Å². The molecule has 156 valence electrons. The summed E-state index contributed by atoms with van der Waals surface area (Å²) in [4.78, 5) is 22.8. The summed E-state index contributed by atoms with van der Waals surface area (Å²) in [7, 11) is 1.61. The Labute approximate surface area is 178 Å². The Balaban J connectivity index is 2.07. The molecule has 30 heavy (non-hydrogen) atoms. The molecule has 0 aliphatic heterocycles. The van der Waals surface area contributed by atoms with E-state index in [0.717, 1.165) is 22.6 Å². The zero-order chi connectivity index (χ0) is 21.7. The second-order valence-corrected chi connectivity index (χ2v) is 7.73. The number of urea groups is 1. The van der Waals surface area contributed by atoms with Crippen LogP contribution < -0.4 is 15.8 Å². The van der Waals surface area contributed by atoms with Gasteiger partial charge in [-0.05, 0) is 41.8 Å². The van der Waals surface area contributed by atoms with Crippen molar-refractivity contribution in [1.82, 2.24) is 20.1 Å². The lowest BCUT2D eigenvalue weighted by atomic mass is 10.0. The molecule has 3 N–H and O–H groups in total. The van der Waals surface area contributed by atoms with Crippen molar-refractivity contribution in [2.45, 2.75) is 24.9 Å². The van der Waals surface area contributed by atoms with E-state index < -0.39 is 11.9 Å². The Morgan fingerprint density at radius 1 is 1.13 bits per heavy atom. The van der Waals surface area contributed by atoms with Crippen LogP contribution in [0, 0.1) is 0 Å². The molecule has 0 aliphatic rings. The van der Waals surface area contributed by atoms with Crippen molar-refractivity contribution in [1.29, 1.82) is 0 Å². The van der Waals surface area contributed by atoms with Crippen LogP contribution >= 0.6 is 11.8 Å². The normalized spacial score (nSPS) is 10.8. The van der Waals surface area contributed by atoms with Crippen molar-refractivity contribution >= 4 is 23.7 Å². The molecule has 3 rings (SSSR count). The molecule has 0 saturated carbocycles. The lowest BCUT2D eigenvalue weighted by Gasteiger charge is -2.17. The maximum absolute atomic E-state index is 11.9. The number of nitrogens with one attached hydrogen (secondary N) is 1. The van der Waals surface area contributed by atoms with Crippen molar-refractivity contribution in [3.8, 4) is 22.8 Å².